The van der Waals surface area contributed by atoms with Crippen LogP contribution in [0.1, 0.15) is 20.8 Å². The second-order valence-corrected chi connectivity index (χ2v) is 5.22. The van der Waals surface area contributed by atoms with Crippen LogP contribution in [0.3, 0.4) is 0 Å². The number of ether oxygens (including phenoxy) is 1. The molecule has 2 aromatic heterocycles. The van der Waals surface area contributed by atoms with Crippen LogP contribution in [-0.4, -0.2) is 30.0 Å². The smallest absolute Gasteiger partial charge is 0.348 e. The molecule has 0 aliphatic heterocycles. The molecule has 0 N–H and O–H groups in total. The molecule has 4 nitrogen and oxygen atoms in total. The van der Waals surface area contributed by atoms with Crippen LogP contribution in [-0.2, 0) is 17.8 Å². The van der Waals surface area contributed by atoms with Gasteiger partial charge in [-0.25, -0.2) is 4.79 Å². The van der Waals surface area contributed by atoms with Gasteiger partial charge in [-0.1, -0.05) is 6.07 Å². The number of nitrogens with zero attached hydrogens (tertiary/aromatic N) is 2. The summed E-state index contributed by atoms with van der Waals surface area (Å²) >= 11 is 1.42. The Morgan fingerprint density at radius 2 is 2.26 bits per heavy atom. The van der Waals surface area contributed by atoms with Gasteiger partial charge in [-0.3, -0.25) is 9.88 Å². The average molecular weight is 276 g/mol. The fraction of sp³-hybridized carbons (Fsp3) is 0.286. The molecule has 0 aliphatic rings. The number of aromatic nitrogens is 1. The molecule has 0 saturated carbocycles. The van der Waals surface area contributed by atoms with Crippen LogP contribution in [0.5, 0.6) is 0 Å². The number of thiophene rings is 1. The molecule has 0 bridgehead atoms. The highest BCUT2D eigenvalue weighted by Gasteiger charge is 2.14. The third-order valence-electron chi connectivity index (χ3n) is 2.73. The molecule has 0 aliphatic carbocycles. The predicted octanol–water partition coefficient (Wildman–Crippen LogP) is 2.56. The molecule has 0 fully saturated rings. The normalized spacial score (nSPS) is 10.7. The van der Waals surface area contributed by atoms with Crippen LogP contribution in [0.2, 0.25) is 0 Å². The summed E-state index contributed by atoms with van der Waals surface area (Å²) < 4.78 is 4.78. The van der Waals surface area contributed by atoms with Gasteiger partial charge in [0, 0.05) is 25.5 Å². The largest absolute Gasteiger partial charge is 0.465 e. The second kappa shape index (κ2) is 6.45. The minimum atomic E-state index is -0.264. The molecule has 0 unspecified atom stereocenters. The monoisotopic (exact) mass is 276 g/mol. The van der Waals surface area contributed by atoms with Gasteiger partial charge in [-0.2, -0.15) is 0 Å². The highest BCUT2D eigenvalue weighted by atomic mass is 32.1. The fourth-order valence-corrected chi connectivity index (χ4v) is 2.71. The van der Waals surface area contributed by atoms with E-state index in [2.05, 4.69) is 9.88 Å². The van der Waals surface area contributed by atoms with Crippen LogP contribution < -0.4 is 0 Å². The van der Waals surface area contributed by atoms with Crippen LogP contribution in [0.25, 0.3) is 0 Å². The van der Waals surface area contributed by atoms with Gasteiger partial charge in [0.05, 0.1) is 7.11 Å². The van der Waals surface area contributed by atoms with Gasteiger partial charge in [-0.05, 0) is 35.7 Å². The lowest BCUT2D eigenvalue weighted by atomic mass is 10.2. The van der Waals surface area contributed by atoms with Crippen molar-refractivity contribution in [2.75, 3.05) is 14.2 Å². The third kappa shape index (κ3) is 3.62. The minimum Gasteiger partial charge on any atom is -0.465 e. The lowest BCUT2D eigenvalue weighted by molar-refractivity contribution is 0.0604. The first-order valence-corrected chi connectivity index (χ1v) is 6.81. The topological polar surface area (TPSA) is 42.4 Å². The Hall–Kier alpha value is -1.72. The number of methoxy groups -OCH3 is 1. The molecule has 0 radical (unpaired) electrons. The zero-order valence-electron chi connectivity index (χ0n) is 11.0. The average Bonchev–Trinajstić information content (AvgIpc) is 2.87. The molecule has 100 valence electrons. The summed E-state index contributed by atoms with van der Waals surface area (Å²) in [6.45, 7) is 1.51. The quantitative estimate of drug-likeness (QED) is 0.787. The van der Waals surface area contributed by atoms with E-state index in [9.17, 15) is 4.79 Å². The summed E-state index contributed by atoms with van der Waals surface area (Å²) in [6.07, 6.45) is 3.61. The van der Waals surface area contributed by atoms with E-state index < -0.39 is 0 Å². The van der Waals surface area contributed by atoms with Crippen molar-refractivity contribution >= 4 is 17.3 Å². The van der Waals surface area contributed by atoms with Crippen molar-refractivity contribution in [3.05, 3.63) is 52.0 Å². The second-order valence-electron chi connectivity index (χ2n) is 4.30. The molecule has 19 heavy (non-hydrogen) atoms. The molecular formula is C14H16N2O2S. The summed E-state index contributed by atoms with van der Waals surface area (Å²) in [5, 5.41) is 1.92. The Morgan fingerprint density at radius 1 is 1.42 bits per heavy atom. The van der Waals surface area contributed by atoms with Crippen LogP contribution >= 0.6 is 11.3 Å². The number of esters is 1. The van der Waals surface area contributed by atoms with Crippen molar-refractivity contribution in [2.24, 2.45) is 0 Å². The number of hydrogen-bond donors (Lipinski definition) is 0. The van der Waals surface area contributed by atoms with E-state index >= 15 is 0 Å². The van der Waals surface area contributed by atoms with Crippen molar-refractivity contribution < 1.29 is 9.53 Å². The number of hydrogen-bond acceptors (Lipinski definition) is 5. The Balaban J connectivity index is 2.01. The molecular weight excluding hydrogens is 260 g/mol. The number of carbonyl (C=O) groups excluding carboxylic acids is 1. The van der Waals surface area contributed by atoms with Crippen LogP contribution in [0, 0.1) is 0 Å². The number of rotatable bonds is 5. The Kier molecular flexibility index (Phi) is 4.65. The van der Waals surface area contributed by atoms with Crippen molar-refractivity contribution in [1.29, 1.82) is 0 Å². The van der Waals surface area contributed by atoms with Gasteiger partial charge in [0.25, 0.3) is 0 Å². The summed E-state index contributed by atoms with van der Waals surface area (Å²) in [6, 6.07) is 5.93. The predicted molar refractivity (Wildman–Crippen MR) is 75.1 cm³/mol. The van der Waals surface area contributed by atoms with E-state index in [1.807, 2.05) is 36.8 Å². The van der Waals surface area contributed by atoms with E-state index in [4.69, 9.17) is 4.74 Å². The fourth-order valence-electron chi connectivity index (χ4n) is 1.88. The van der Waals surface area contributed by atoms with Gasteiger partial charge < -0.3 is 4.74 Å². The maximum atomic E-state index is 11.6. The zero-order valence-corrected chi connectivity index (χ0v) is 11.8. The van der Waals surface area contributed by atoms with Gasteiger partial charge in [0.15, 0.2) is 0 Å². The minimum absolute atomic E-state index is 0.264. The summed E-state index contributed by atoms with van der Waals surface area (Å²) in [5.74, 6) is -0.264. The van der Waals surface area contributed by atoms with Crippen molar-refractivity contribution in [3.8, 4) is 0 Å². The first-order chi connectivity index (χ1) is 9.20. The highest BCUT2D eigenvalue weighted by molar-refractivity contribution is 7.12. The van der Waals surface area contributed by atoms with Crippen LogP contribution in [0.15, 0.2) is 36.0 Å². The molecule has 0 amide bonds. The van der Waals surface area contributed by atoms with E-state index in [1.165, 1.54) is 18.4 Å². The van der Waals surface area contributed by atoms with E-state index in [-0.39, 0.29) is 5.97 Å². The Morgan fingerprint density at radius 3 is 2.95 bits per heavy atom. The molecule has 2 rings (SSSR count). The standard InChI is InChI=1S/C14H16N2O2S/c1-16(9-11-4-3-6-15-8-11)10-12-5-7-19-13(12)14(17)18-2/h3-8H,9-10H2,1-2H3. The lowest BCUT2D eigenvalue weighted by Crippen LogP contribution is -2.18. The van der Waals surface area contributed by atoms with Gasteiger partial charge in [-0.15, -0.1) is 11.3 Å². The molecule has 0 atom stereocenters. The first-order valence-electron chi connectivity index (χ1n) is 5.93. The summed E-state index contributed by atoms with van der Waals surface area (Å²) in [5.41, 5.74) is 2.16. The Bertz CT molecular complexity index is 539. The van der Waals surface area contributed by atoms with Gasteiger partial charge in [0.1, 0.15) is 4.88 Å². The van der Waals surface area contributed by atoms with E-state index in [0.717, 1.165) is 17.7 Å². The van der Waals surface area contributed by atoms with Crippen LogP contribution in [0.4, 0.5) is 0 Å². The third-order valence-corrected chi connectivity index (χ3v) is 3.67. The van der Waals surface area contributed by atoms with Gasteiger partial charge in [0.2, 0.25) is 0 Å². The van der Waals surface area contributed by atoms with Gasteiger partial charge >= 0.3 is 5.97 Å². The van der Waals surface area contributed by atoms with Crippen molar-refractivity contribution in [3.63, 3.8) is 0 Å². The summed E-state index contributed by atoms with van der Waals surface area (Å²) in [7, 11) is 3.43. The molecule has 2 aromatic rings. The molecule has 0 saturated heterocycles. The molecule has 0 aromatic carbocycles. The molecule has 5 heteroatoms. The molecule has 2 heterocycles. The first kappa shape index (κ1) is 13.7. The van der Waals surface area contributed by atoms with E-state index in [1.54, 1.807) is 6.20 Å². The highest BCUT2D eigenvalue weighted by Crippen LogP contribution is 2.19. The lowest BCUT2D eigenvalue weighted by Gasteiger charge is -2.16. The summed E-state index contributed by atoms with van der Waals surface area (Å²) in [4.78, 5) is 18.5. The maximum Gasteiger partial charge on any atom is 0.348 e. The SMILES string of the molecule is COC(=O)c1sccc1CN(C)Cc1cccnc1. The number of carbonyl (C=O) groups is 1. The number of pyridine rings is 1. The molecule has 0 spiro atoms. The van der Waals surface area contributed by atoms with E-state index in [0.29, 0.717) is 11.4 Å². The Labute approximate surface area is 116 Å². The van der Waals surface area contributed by atoms with Crippen molar-refractivity contribution in [2.45, 2.75) is 13.1 Å². The van der Waals surface area contributed by atoms with Crippen molar-refractivity contribution in [1.82, 2.24) is 9.88 Å². The zero-order chi connectivity index (χ0) is 13.7. The maximum absolute atomic E-state index is 11.6.